The molecule has 0 unspecified atom stereocenters. The van der Waals surface area contributed by atoms with E-state index in [4.69, 9.17) is 0 Å². The van der Waals surface area contributed by atoms with Crippen molar-refractivity contribution in [2.45, 2.75) is 6.92 Å². The molecule has 1 aromatic rings. The zero-order valence-corrected chi connectivity index (χ0v) is 6.39. The quantitative estimate of drug-likeness (QED) is 0.537. The molecule has 0 aliphatic carbocycles. The molecular weight excluding hydrogens is 139 g/mol. The Bertz CT molecular complexity index is 289. The molecule has 56 valence electrons. The standard InChI is InChI=1S/C10H9F/c1-3-8(2)9-4-6-10(11)7-5-9/h4-7H,1H2,2H3. The third-order valence-electron chi connectivity index (χ3n) is 1.54. The first-order valence-corrected chi connectivity index (χ1v) is 3.36. The summed E-state index contributed by atoms with van der Waals surface area (Å²) in [6.07, 6.45) is 0. The van der Waals surface area contributed by atoms with Gasteiger partial charge in [0.05, 0.1) is 0 Å². The first-order valence-electron chi connectivity index (χ1n) is 3.36. The third-order valence-corrected chi connectivity index (χ3v) is 1.54. The van der Waals surface area contributed by atoms with Gasteiger partial charge < -0.3 is 0 Å². The van der Waals surface area contributed by atoms with E-state index in [0.717, 1.165) is 11.1 Å². The average Bonchev–Trinajstić information content (AvgIpc) is 2.05. The minimum absolute atomic E-state index is 0.217. The highest BCUT2D eigenvalue weighted by molar-refractivity contribution is 5.62. The third kappa shape index (κ3) is 1.79. The van der Waals surface area contributed by atoms with Gasteiger partial charge in [0.25, 0.3) is 0 Å². The maximum atomic E-state index is 12.4. The van der Waals surface area contributed by atoms with Crippen LogP contribution in [0.4, 0.5) is 4.39 Å². The molecular formula is C10H9F. The Balaban J connectivity index is 3.08. The van der Waals surface area contributed by atoms with E-state index in [-0.39, 0.29) is 5.82 Å². The van der Waals surface area contributed by atoms with E-state index < -0.39 is 0 Å². The smallest absolute Gasteiger partial charge is 0.123 e. The van der Waals surface area contributed by atoms with Crippen molar-refractivity contribution in [2.75, 3.05) is 0 Å². The molecule has 0 spiro atoms. The van der Waals surface area contributed by atoms with Crippen molar-refractivity contribution in [2.24, 2.45) is 0 Å². The van der Waals surface area contributed by atoms with Gasteiger partial charge in [0.1, 0.15) is 5.82 Å². The fourth-order valence-electron chi connectivity index (χ4n) is 0.802. The van der Waals surface area contributed by atoms with E-state index in [2.05, 4.69) is 12.3 Å². The predicted octanol–water partition coefficient (Wildman–Crippen LogP) is 3.01. The van der Waals surface area contributed by atoms with Crippen molar-refractivity contribution in [3.05, 3.63) is 48.0 Å². The van der Waals surface area contributed by atoms with E-state index in [9.17, 15) is 4.39 Å². The Hall–Kier alpha value is -1.33. The highest BCUT2D eigenvalue weighted by atomic mass is 19.1. The van der Waals surface area contributed by atoms with Crippen LogP contribution in [-0.2, 0) is 0 Å². The lowest BCUT2D eigenvalue weighted by Crippen LogP contribution is -1.78. The normalized spacial score (nSPS) is 8.91. The predicted molar refractivity (Wildman–Crippen MR) is 44.6 cm³/mol. The molecule has 1 rings (SSSR count). The monoisotopic (exact) mass is 148 g/mol. The fraction of sp³-hybridized carbons (Fsp3) is 0.100. The fourth-order valence-corrected chi connectivity index (χ4v) is 0.802. The summed E-state index contributed by atoms with van der Waals surface area (Å²) in [6, 6.07) is 6.28. The molecule has 0 saturated carbocycles. The van der Waals surface area contributed by atoms with E-state index in [1.165, 1.54) is 12.1 Å². The Morgan fingerprint density at radius 1 is 1.36 bits per heavy atom. The van der Waals surface area contributed by atoms with Crippen LogP contribution in [0.25, 0.3) is 5.57 Å². The number of halogens is 1. The summed E-state index contributed by atoms with van der Waals surface area (Å²) in [5.41, 5.74) is 4.64. The average molecular weight is 148 g/mol. The van der Waals surface area contributed by atoms with Crippen LogP contribution in [0.2, 0.25) is 0 Å². The molecule has 0 nitrogen and oxygen atoms in total. The van der Waals surface area contributed by atoms with Gasteiger partial charge in [0, 0.05) is 0 Å². The van der Waals surface area contributed by atoms with Gasteiger partial charge in [-0.15, -0.1) is 5.73 Å². The first kappa shape index (κ1) is 7.77. The summed E-state index contributed by atoms with van der Waals surface area (Å²) in [5, 5.41) is 0. The van der Waals surface area contributed by atoms with E-state index >= 15 is 0 Å². The van der Waals surface area contributed by atoms with Crippen molar-refractivity contribution in [1.29, 1.82) is 0 Å². The summed E-state index contributed by atoms with van der Waals surface area (Å²) in [5.74, 6) is -0.217. The highest BCUT2D eigenvalue weighted by Gasteiger charge is 1.93. The van der Waals surface area contributed by atoms with E-state index in [1.54, 1.807) is 12.1 Å². The van der Waals surface area contributed by atoms with Gasteiger partial charge in [-0.05, 0) is 30.2 Å². The lowest BCUT2D eigenvalue weighted by atomic mass is 10.1. The summed E-state index contributed by atoms with van der Waals surface area (Å²) in [7, 11) is 0. The topological polar surface area (TPSA) is 0 Å². The lowest BCUT2D eigenvalue weighted by Gasteiger charge is -1.96. The first-order chi connectivity index (χ1) is 5.24. The summed E-state index contributed by atoms with van der Waals surface area (Å²) in [6.45, 7) is 5.39. The Morgan fingerprint density at radius 2 is 1.91 bits per heavy atom. The van der Waals surface area contributed by atoms with Gasteiger partial charge in [-0.3, -0.25) is 0 Å². The Labute approximate surface area is 65.7 Å². The number of hydrogen-bond donors (Lipinski definition) is 0. The Kier molecular flexibility index (Phi) is 2.25. The molecule has 0 saturated heterocycles. The van der Waals surface area contributed by atoms with E-state index in [1.807, 2.05) is 6.92 Å². The molecule has 0 amide bonds. The zero-order valence-electron chi connectivity index (χ0n) is 6.39. The van der Waals surface area contributed by atoms with Crippen LogP contribution in [0.15, 0.2) is 36.6 Å². The summed E-state index contributed by atoms with van der Waals surface area (Å²) >= 11 is 0. The molecule has 0 bridgehead atoms. The van der Waals surface area contributed by atoms with Crippen molar-refractivity contribution in [1.82, 2.24) is 0 Å². The van der Waals surface area contributed by atoms with Gasteiger partial charge in [-0.25, -0.2) is 4.39 Å². The number of hydrogen-bond acceptors (Lipinski definition) is 0. The molecule has 0 fully saturated rings. The van der Waals surface area contributed by atoms with Gasteiger partial charge >= 0.3 is 0 Å². The molecule has 0 atom stereocenters. The molecule has 0 radical (unpaired) electrons. The molecule has 0 heterocycles. The van der Waals surface area contributed by atoms with Crippen LogP contribution in [0.1, 0.15) is 12.5 Å². The van der Waals surface area contributed by atoms with Gasteiger partial charge in [0.2, 0.25) is 0 Å². The molecule has 1 aromatic carbocycles. The van der Waals surface area contributed by atoms with Crippen molar-refractivity contribution >= 4 is 5.57 Å². The van der Waals surface area contributed by atoms with Crippen LogP contribution in [0.5, 0.6) is 0 Å². The summed E-state index contributed by atoms with van der Waals surface area (Å²) in [4.78, 5) is 0. The van der Waals surface area contributed by atoms with Gasteiger partial charge in [0.15, 0.2) is 0 Å². The minimum Gasteiger partial charge on any atom is -0.207 e. The maximum absolute atomic E-state index is 12.4. The number of rotatable bonds is 1. The van der Waals surface area contributed by atoms with Gasteiger partial charge in [-0.1, -0.05) is 18.7 Å². The van der Waals surface area contributed by atoms with Crippen LogP contribution in [-0.4, -0.2) is 0 Å². The van der Waals surface area contributed by atoms with Crippen molar-refractivity contribution < 1.29 is 4.39 Å². The van der Waals surface area contributed by atoms with Crippen molar-refractivity contribution in [3.63, 3.8) is 0 Å². The van der Waals surface area contributed by atoms with Crippen LogP contribution < -0.4 is 0 Å². The zero-order chi connectivity index (χ0) is 8.27. The Morgan fingerprint density at radius 3 is 2.36 bits per heavy atom. The minimum atomic E-state index is -0.217. The van der Waals surface area contributed by atoms with E-state index in [0.29, 0.717) is 0 Å². The SMILES string of the molecule is C=C=C(C)c1ccc(F)cc1. The molecule has 0 aliphatic heterocycles. The second kappa shape index (κ2) is 3.18. The number of benzene rings is 1. The molecule has 0 aliphatic rings. The van der Waals surface area contributed by atoms with Gasteiger partial charge in [-0.2, -0.15) is 0 Å². The largest absolute Gasteiger partial charge is 0.207 e. The summed E-state index contributed by atoms with van der Waals surface area (Å²) < 4.78 is 12.4. The second-order valence-electron chi connectivity index (χ2n) is 2.31. The second-order valence-corrected chi connectivity index (χ2v) is 2.31. The van der Waals surface area contributed by atoms with Crippen LogP contribution in [0, 0.1) is 5.82 Å². The lowest BCUT2D eigenvalue weighted by molar-refractivity contribution is 0.627. The van der Waals surface area contributed by atoms with Crippen LogP contribution >= 0.6 is 0 Å². The number of allylic oxidation sites excluding steroid dienone is 1. The molecule has 0 aromatic heterocycles. The van der Waals surface area contributed by atoms with Crippen LogP contribution in [0.3, 0.4) is 0 Å². The highest BCUT2D eigenvalue weighted by Crippen LogP contribution is 2.11. The molecule has 11 heavy (non-hydrogen) atoms. The van der Waals surface area contributed by atoms with Crippen molar-refractivity contribution in [3.8, 4) is 0 Å². The molecule has 0 N–H and O–H groups in total. The maximum Gasteiger partial charge on any atom is 0.123 e. The molecule has 1 heteroatoms.